The van der Waals surface area contributed by atoms with Crippen LogP contribution in [0.25, 0.3) is 10.2 Å². The van der Waals surface area contributed by atoms with E-state index in [1.807, 2.05) is 11.3 Å². The second kappa shape index (κ2) is 5.59. The van der Waals surface area contributed by atoms with Crippen molar-refractivity contribution in [3.63, 3.8) is 0 Å². The van der Waals surface area contributed by atoms with E-state index in [0.717, 1.165) is 36.1 Å². The number of aromatic nitrogens is 2. The summed E-state index contributed by atoms with van der Waals surface area (Å²) in [5.41, 5.74) is 1.87. The first kappa shape index (κ1) is 15.6. The third kappa shape index (κ3) is 2.74. The minimum Gasteiger partial charge on any atom is -0.356 e. The van der Waals surface area contributed by atoms with Crippen molar-refractivity contribution in [1.82, 2.24) is 9.97 Å². The average molecular weight is 350 g/mol. The van der Waals surface area contributed by atoms with Gasteiger partial charge in [-0.1, -0.05) is 20.8 Å². The van der Waals surface area contributed by atoms with Gasteiger partial charge in [0.1, 0.15) is 10.6 Å². The normalized spacial score (nSPS) is 21.9. The highest BCUT2D eigenvalue weighted by molar-refractivity contribution is 7.19. The Morgan fingerprint density at radius 1 is 1.17 bits per heavy atom. The monoisotopic (exact) mass is 349 g/mol. The van der Waals surface area contributed by atoms with E-state index in [4.69, 9.17) is 11.6 Å². The molecule has 2 aliphatic rings. The number of anilines is 1. The Kier molecular flexibility index (Phi) is 3.80. The Bertz CT molecular complexity index is 741. The number of hydrogen-bond donors (Lipinski definition) is 0. The van der Waals surface area contributed by atoms with Gasteiger partial charge in [-0.3, -0.25) is 0 Å². The quantitative estimate of drug-likeness (QED) is 0.671. The van der Waals surface area contributed by atoms with Gasteiger partial charge in [0, 0.05) is 18.0 Å². The van der Waals surface area contributed by atoms with E-state index < -0.39 is 0 Å². The molecule has 124 valence electrons. The Balaban J connectivity index is 1.82. The number of rotatable bonds is 1. The fraction of sp³-hybridized carbons (Fsp3) is 0.667. The fourth-order valence-electron chi connectivity index (χ4n) is 4.03. The van der Waals surface area contributed by atoms with Gasteiger partial charge in [-0.05, 0) is 60.6 Å². The van der Waals surface area contributed by atoms with Gasteiger partial charge in [-0.25, -0.2) is 4.98 Å². The van der Waals surface area contributed by atoms with Crippen molar-refractivity contribution in [1.29, 1.82) is 0 Å². The summed E-state index contributed by atoms with van der Waals surface area (Å²) in [7, 11) is 0. The number of nitrogens with zero attached hydrogens (tertiary/aromatic N) is 3. The van der Waals surface area contributed by atoms with Crippen molar-refractivity contribution in [2.45, 2.75) is 52.9 Å². The molecule has 3 nitrogen and oxygen atoms in total. The second-order valence-electron chi connectivity index (χ2n) is 8.00. The molecule has 0 amide bonds. The maximum atomic E-state index is 6.22. The molecule has 3 heterocycles. The first-order chi connectivity index (χ1) is 10.9. The summed E-state index contributed by atoms with van der Waals surface area (Å²) in [5, 5.41) is 1.69. The predicted octanol–water partition coefficient (Wildman–Crippen LogP) is 5.10. The average Bonchev–Trinajstić information content (AvgIpc) is 3.11. The third-order valence-electron chi connectivity index (χ3n) is 5.49. The predicted molar refractivity (Wildman–Crippen MR) is 98.8 cm³/mol. The zero-order chi connectivity index (χ0) is 16.2. The maximum absolute atomic E-state index is 6.22. The van der Waals surface area contributed by atoms with E-state index in [-0.39, 0.29) is 0 Å². The lowest BCUT2D eigenvalue weighted by Crippen LogP contribution is -2.26. The van der Waals surface area contributed by atoms with E-state index >= 15 is 0 Å². The van der Waals surface area contributed by atoms with Crippen molar-refractivity contribution in [3.05, 3.63) is 15.7 Å². The van der Waals surface area contributed by atoms with Crippen molar-refractivity contribution in [3.8, 4) is 0 Å². The van der Waals surface area contributed by atoms with E-state index in [9.17, 15) is 0 Å². The maximum Gasteiger partial charge on any atom is 0.225 e. The van der Waals surface area contributed by atoms with Gasteiger partial charge in [0.25, 0.3) is 0 Å². The molecular formula is C18H24ClN3S. The molecule has 0 bridgehead atoms. The topological polar surface area (TPSA) is 29.0 Å². The van der Waals surface area contributed by atoms with Crippen LogP contribution in [0.1, 0.15) is 50.5 Å². The zero-order valence-corrected chi connectivity index (χ0v) is 15.7. The molecule has 0 N–H and O–H groups in total. The van der Waals surface area contributed by atoms with Crippen LogP contribution in [0.3, 0.4) is 0 Å². The van der Waals surface area contributed by atoms with E-state index in [1.54, 1.807) is 0 Å². The Labute approximate surface area is 147 Å². The summed E-state index contributed by atoms with van der Waals surface area (Å²) < 4.78 is 0. The fourth-order valence-corrected chi connectivity index (χ4v) is 5.54. The highest BCUT2D eigenvalue weighted by atomic mass is 35.5. The van der Waals surface area contributed by atoms with Crippen LogP contribution in [0.2, 0.25) is 5.28 Å². The third-order valence-corrected chi connectivity index (χ3v) is 6.81. The van der Waals surface area contributed by atoms with Gasteiger partial charge in [0.05, 0.1) is 5.39 Å². The van der Waals surface area contributed by atoms with Crippen LogP contribution in [0.15, 0.2) is 0 Å². The highest BCUT2D eigenvalue weighted by Crippen LogP contribution is 2.45. The number of fused-ring (bicyclic) bond motifs is 3. The van der Waals surface area contributed by atoms with Crippen LogP contribution in [0.5, 0.6) is 0 Å². The van der Waals surface area contributed by atoms with Crippen molar-refractivity contribution in [2.24, 2.45) is 11.3 Å². The molecule has 2 aromatic rings. The van der Waals surface area contributed by atoms with Crippen LogP contribution in [0, 0.1) is 11.3 Å². The highest BCUT2D eigenvalue weighted by Gasteiger charge is 2.32. The van der Waals surface area contributed by atoms with Crippen LogP contribution in [0.4, 0.5) is 5.82 Å². The summed E-state index contributed by atoms with van der Waals surface area (Å²) in [6, 6.07) is 0. The number of aryl methyl sites for hydroxylation is 1. The molecule has 1 atom stereocenters. The minimum atomic E-state index is 0.370. The smallest absolute Gasteiger partial charge is 0.225 e. The molecule has 0 aromatic carbocycles. The van der Waals surface area contributed by atoms with Crippen LogP contribution < -0.4 is 4.90 Å². The molecule has 1 fully saturated rings. The summed E-state index contributed by atoms with van der Waals surface area (Å²) in [6.45, 7) is 9.28. The van der Waals surface area contributed by atoms with Gasteiger partial charge in [0.15, 0.2) is 0 Å². The molecule has 1 aliphatic carbocycles. The Morgan fingerprint density at radius 3 is 2.61 bits per heavy atom. The summed E-state index contributed by atoms with van der Waals surface area (Å²) in [6.07, 6.45) is 6.10. The first-order valence-electron chi connectivity index (χ1n) is 8.66. The van der Waals surface area contributed by atoms with Gasteiger partial charge in [-0.15, -0.1) is 11.3 Å². The zero-order valence-electron chi connectivity index (χ0n) is 14.2. The summed E-state index contributed by atoms with van der Waals surface area (Å²) in [4.78, 5) is 14.2. The molecular weight excluding hydrogens is 326 g/mol. The standard InChI is InChI=1S/C18H24ClN3S/c1-18(2,3)11-6-7-12-13(10-11)23-16-14(12)15(20-17(19)21-16)22-8-4-5-9-22/h11H,4-10H2,1-3H3. The van der Waals surface area contributed by atoms with Gasteiger partial charge in [-0.2, -0.15) is 4.98 Å². The lowest BCUT2D eigenvalue weighted by atomic mass is 9.72. The van der Waals surface area contributed by atoms with Crippen LogP contribution in [-0.2, 0) is 12.8 Å². The molecule has 0 radical (unpaired) electrons. The largest absolute Gasteiger partial charge is 0.356 e. The molecule has 0 spiro atoms. The van der Waals surface area contributed by atoms with E-state index in [0.29, 0.717) is 10.7 Å². The van der Waals surface area contributed by atoms with Crippen molar-refractivity contribution in [2.75, 3.05) is 18.0 Å². The Morgan fingerprint density at radius 2 is 1.91 bits per heavy atom. The first-order valence-corrected chi connectivity index (χ1v) is 9.85. The summed E-state index contributed by atoms with van der Waals surface area (Å²) in [5.74, 6) is 1.84. The molecule has 1 unspecified atom stereocenters. The number of hydrogen-bond acceptors (Lipinski definition) is 4. The van der Waals surface area contributed by atoms with Crippen molar-refractivity contribution >= 4 is 39.0 Å². The van der Waals surface area contributed by atoms with E-state index in [1.165, 1.54) is 41.5 Å². The number of halogens is 1. The molecule has 23 heavy (non-hydrogen) atoms. The molecule has 5 heteroatoms. The molecule has 0 saturated carbocycles. The van der Waals surface area contributed by atoms with Gasteiger partial charge in [0.2, 0.25) is 5.28 Å². The summed E-state index contributed by atoms with van der Waals surface area (Å²) >= 11 is 8.07. The molecule has 1 aliphatic heterocycles. The SMILES string of the molecule is CC(C)(C)C1CCc2c(sc3nc(Cl)nc(N4CCCC4)c23)C1. The van der Waals surface area contributed by atoms with E-state index in [2.05, 4.69) is 35.6 Å². The van der Waals surface area contributed by atoms with Gasteiger partial charge >= 0.3 is 0 Å². The Hall–Kier alpha value is -0.870. The molecule has 4 rings (SSSR count). The lowest BCUT2D eigenvalue weighted by molar-refractivity contribution is 0.218. The minimum absolute atomic E-state index is 0.370. The number of thiophene rings is 1. The lowest BCUT2D eigenvalue weighted by Gasteiger charge is -2.33. The molecule has 2 aromatic heterocycles. The van der Waals surface area contributed by atoms with Crippen molar-refractivity contribution < 1.29 is 0 Å². The van der Waals surface area contributed by atoms with Crippen LogP contribution >= 0.6 is 22.9 Å². The second-order valence-corrected chi connectivity index (χ2v) is 9.42. The van der Waals surface area contributed by atoms with Gasteiger partial charge < -0.3 is 4.90 Å². The van der Waals surface area contributed by atoms with Crippen LogP contribution in [-0.4, -0.2) is 23.1 Å². The molecule has 1 saturated heterocycles.